The minimum Gasteiger partial charge on any atom is -0.349 e. The molecule has 2 N–H and O–H groups in total. The van der Waals surface area contributed by atoms with Crippen molar-refractivity contribution in [3.05, 3.63) is 53.5 Å². The molecule has 7 nitrogen and oxygen atoms in total. The standard InChI is InChI=1S/C21H21N3O4S/c1-28-24-19(26)10-8-16(25)13-22-20(27)12-21-23-17-9-7-15(11-18(17)29-21)14-5-3-2-4-6-14/h2-7,9,11H,8,10,12-13H2,1H3,(H,22,27)(H,24,26). The van der Waals surface area contributed by atoms with Crippen LogP contribution in [0.1, 0.15) is 17.8 Å². The average Bonchev–Trinajstić information content (AvgIpc) is 3.13. The van der Waals surface area contributed by atoms with Crippen molar-refractivity contribution in [2.75, 3.05) is 13.7 Å². The fourth-order valence-electron chi connectivity index (χ4n) is 2.76. The smallest absolute Gasteiger partial charge is 0.243 e. The predicted octanol–water partition coefficient (Wildman–Crippen LogP) is 2.65. The Kier molecular flexibility index (Phi) is 7.04. The molecule has 8 heteroatoms. The minimum atomic E-state index is -0.378. The van der Waals surface area contributed by atoms with Gasteiger partial charge < -0.3 is 5.32 Å². The van der Waals surface area contributed by atoms with Crippen LogP contribution in [0.25, 0.3) is 21.3 Å². The molecule has 0 aliphatic carbocycles. The van der Waals surface area contributed by atoms with Gasteiger partial charge in [0.1, 0.15) is 5.01 Å². The van der Waals surface area contributed by atoms with Crippen molar-refractivity contribution in [1.29, 1.82) is 0 Å². The number of carbonyl (C=O) groups excluding carboxylic acids is 3. The average molecular weight is 411 g/mol. The van der Waals surface area contributed by atoms with Gasteiger partial charge in [0, 0.05) is 12.8 Å². The lowest BCUT2D eigenvalue weighted by Gasteiger charge is -2.04. The second-order valence-corrected chi connectivity index (χ2v) is 7.49. The molecule has 0 aliphatic rings. The van der Waals surface area contributed by atoms with Crippen molar-refractivity contribution >= 4 is 39.2 Å². The molecule has 0 unspecified atom stereocenters. The molecule has 0 fully saturated rings. The molecule has 1 heterocycles. The van der Waals surface area contributed by atoms with E-state index in [-0.39, 0.29) is 43.4 Å². The molecule has 3 aromatic rings. The van der Waals surface area contributed by atoms with Gasteiger partial charge >= 0.3 is 0 Å². The maximum absolute atomic E-state index is 12.1. The molecule has 150 valence electrons. The topological polar surface area (TPSA) is 97.4 Å². The van der Waals surface area contributed by atoms with Crippen LogP contribution in [0.3, 0.4) is 0 Å². The normalized spacial score (nSPS) is 10.7. The summed E-state index contributed by atoms with van der Waals surface area (Å²) in [4.78, 5) is 44.1. The van der Waals surface area contributed by atoms with Crippen LogP contribution in [0.15, 0.2) is 48.5 Å². The third kappa shape index (κ3) is 5.94. The molecule has 3 rings (SSSR count). The van der Waals surface area contributed by atoms with E-state index in [2.05, 4.69) is 26.7 Å². The van der Waals surface area contributed by atoms with Crippen LogP contribution in [0.4, 0.5) is 0 Å². The van der Waals surface area contributed by atoms with E-state index in [1.807, 2.05) is 42.5 Å². The largest absolute Gasteiger partial charge is 0.349 e. The number of ketones is 1. The molecule has 0 saturated carbocycles. The van der Waals surface area contributed by atoms with Crippen LogP contribution in [-0.2, 0) is 25.6 Å². The van der Waals surface area contributed by atoms with Gasteiger partial charge in [0.25, 0.3) is 0 Å². The van der Waals surface area contributed by atoms with Crippen molar-refractivity contribution in [3.8, 4) is 11.1 Å². The van der Waals surface area contributed by atoms with Crippen LogP contribution in [0.5, 0.6) is 0 Å². The number of hydroxylamine groups is 1. The summed E-state index contributed by atoms with van der Waals surface area (Å²) in [6.45, 7) is -0.109. The second kappa shape index (κ2) is 9.90. The minimum absolute atomic E-state index is 0.0180. The molecule has 0 saturated heterocycles. The molecule has 29 heavy (non-hydrogen) atoms. The van der Waals surface area contributed by atoms with Crippen molar-refractivity contribution < 1.29 is 19.2 Å². The summed E-state index contributed by atoms with van der Waals surface area (Å²) in [5, 5.41) is 3.27. The number of Topliss-reactive ketones (excluding diaryl/α,β-unsaturated/α-hetero) is 1. The van der Waals surface area contributed by atoms with Gasteiger partial charge in [0.2, 0.25) is 11.8 Å². The molecule has 0 spiro atoms. The Morgan fingerprint density at radius 2 is 1.79 bits per heavy atom. The number of amides is 2. The summed E-state index contributed by atoms with van der Waals surface area (Å²) in [5.74, 6) is -0.875. The molecule has 2 amide bonds. The predicted molar refractivity (Wildman–Crippen MR) is 111 cm³/mol. The van der Waals surface area contributed by atoms with Gasteiger partial charge in [-0.05, 0) is 23.3 Å². The number of hydrogen-bond donors (Lipinski definition) is 2. The van der Waals surface area contributed by atoms with E-state index in [0.29, 0.717) is 5.01 Å². The van der Waals surface area contributed by atoms with Gasteiger partial charge in [-0.3, -0.25) is 19.2 Å². The van der Waals surface area contributed by atoms with Gasteiger partial charge in [-0.2, -0.15) is 0 Å². The molecule has 0 radical (unpaired) electrons. The first-order valence-electron chi connectivity index (χ1n) is 9.10. The van der Waals surface area contributed by atoms with Crippen LogP contribution < -0.4 is 10.8 Å². The lowest BCUT2D eigenvalue weighted by Crippen LogP contribution is -2.31. The van der Waals surface area contributed by atoms with Crippen LogP contribution in [0, 0.1) is 0 Å². The number of rotatable bonds is 9. The molecule has 0 atom stereocenters. The first-order chi connectivity index (χ1) is 14.0. The van der Waals surface area contributed by atoms with E-state index in [0.717, 1.165) is 21.3 Å². The zero-order chi connectivity index (χ0) is 20.6. The van der Waals surface area contributed by atoms with Gasteiger partial charge in [-0.15, -0.1) is 11.3 Å². The number of fused-ring (bicyclic) bond motifs is 1. The number of benzene rings is 2. The highest BCUT2D eigenvalue weighted by molar-refractivity contribution is 7.18. The highest BCUT2D eigenvalue weighted by Crippen LogP contribution is 2.28. The Balaban J connectivity index is 1.54. The van der Waals surface area contributed by atoms with E-state index in [1.165, 1.54) is 18.4 Å². The Hall–Kier alpha value is -3.10. The SMILES string of the molecule is CONC(=O)CCC(=O)CNC(=O)Cc1nc2ccc(-c3ccccc3)cc2s1. The van der Waals surface area contributed by atoms with Crippen LogP contribution in [-0.4, -0.2) is 36.2 Å². The first kappa shape index (κ1) is 20.6. The van der Waals surface area contributed by atoms with Gasteiger partial charge in [-0.25, -0.2) is 10.5 Å². The van der Waals surface area contributed by atoms with E-state index >= 15 is 0 Å². The quantitative estimate of drug-likeness (QED) is 0.528. The van der Waals surface area contributed by atoms with Crippen molar-refractivity contribution in [2.24, 2.45) is 0 Å². The van der Waals surface area contributed by atoms with E-state index in [4.69, 9.17) is 0 Å². The molecule has 0 aliphatic heterocycles. The highest BCUT2D eigenvalue weighted by atomic mass is 32.1. The molecule has 0 bridgehead atoms. The monoisotopic (exact) mass is 411 g/mol. The number of aromatic nitrogens is 1. The maximum Gasteiger partial charge on any atom is 0.243 e. The van der Waals surface area contributed by atoms with Crippen LogP contribution >= 0.6 is 11.3 Å². The number of hydrogen-bond acceptors (Lipinski definition) is 6. The third-order valence-electron chi connectivity index (χ3n) is 4.18. The third-order valence-corrected chi connectivity index (χ3v) is 5.20. The van der Waals surface area contributed by atoms with Crippen molar-refractivity contribution in [3.63, 3.8) is 0 Å². The molecule has 1 aromatic heterocycles. The Bertz CT molecular complexity index is 1020. The maximum atomic E-state index is 12.1. The van der Waals surface area contributed by atoms with Gasteiger partial charge in [0.15, 0.2) is 5.78 Å². The van der Waals surface area contributed by atoms with Crippen molar-refractivity contribution in [2.45, 2.75) is 19.3 Å². The van der Waals surface area contributed by atoms with E-state index in [1.54, 1.807) is 0 Å². The highest BCUT2D eigenvalue weighted by Gasteiger charge is 2.12. The van der Waals surface area contributed by atoms with Crippen LogP contribution in [0.2, 0.25) is 0 Å². The van der Waals surface area contributed by atoms with Gasteiger partial charge in [0.05, 0.1) is 30.3 Å². The Morgan fingerprint density at radius 3 is 2.55 bits per heavy atom. The fourth-order valence-corrected chi connectivity index (χ4v) is 3.77. The Morgan fingerprint density at radius 1 is 1.00 bits per heavy atom. The Labute approximate surface area is 172 Å². The first-order valence-corrected chi connectivity index (χ1v) is 9.92. The summed E-state index contributed by atoms with van der Waals surface area (Å²) >= 11 is 1.46. The number of nitrogens with zero attached hydrogens (tertiary/aromatic N) is 1. The molecular weight excluding hydrogens is 390 g/mol. The van der Waals surface area contributed by atoms with E-state index < -0.39 is 0 Å². The molecule has 2 aromatic carbocycles. The zero-order valence-electron chi connectivity index (χ0n) is 15.9. The number of carbonyl (C=O) groups is 3. The molecular formula is C21H21N3O4S. The summed E-state index contributed by atoms with van der Waals surface area (Å²) in [6, 6.07) is 16.1. The number of thiazole rings is 1. The lowest BCUT2D eigenvalue weighted by molar-refractivity contribution is -0.133. The summed E-state index contributed by atoms with van der Waals surface area (Å²) in [6.07, 6.45) is 0.167. The summed E-state index contributed by atoms with van der Waals surface area (Å²) < 4.78 is 1.01. The zero-order valence-corrected chi connectivity index (χ0v) is 16.8. The fraction of sp³-hybridized carbons (Fsp3) is 0.238. The second-order valence-electron chi connectivity index (χ2n) is 6.38. The lowest BCUT2D eigenvalue weighted by atomic mass is 10.1. The van der Waals surface area contributed by atoms with E-state index in [9.17, 15) is 14.4 Å². The van der Waals surface area contributed by atoms with Crippen molar-refractivity contribution in [1.82, 2.24) is 15.8 Å². The van der Waals surface area contributed by atoms with Gasteiger partial charge in [-0.1, -0.05) is 36.4 Å². The summed E-state index contributed by atoms with van der Waals surface area (Å²) in [7, 11) is 1.32. The number of nitrogens with one attached hydrogen (secondary N) is 2. The summed E-state index contributed by atoms with van der Waals surface area (Å²) in [5.41, 5.74) is 5.21.